The summed E-state index contributed by atoms with van der Waals surface area (Å²) in [6.07, 6.45) is 0.396. The Morgan fingerprint density at radius 3 is 2.33 bits per heavy atom. The summed E-state index contributed by atoms with van der Waals surface area (Å²) < 4.78 is 0. The minimum atomic E-state index is -0.0818. The van der Waals surface area contributed by atoms with Crippen molar-refractivity contribution in [2.45, 2.75) is 19.4 Å². The molecule has 1 fully saturated rings. The Bertz CT molecular complexity index is 1060. The standard InChI is InChI=1S/C27H30ClN3O2/c1-20-7-12-25(32)24(19-20)29-26(33)13-14-30-15-17-31(18-16-30)27(21-5-3-2-4-6-21)22-8-10-23(28)11-9-22/h2-12,19,27,32H,13-18H2,1H3,(H,29,33). The molecule has 172 valence electrons. The van der Waals surface area contributed by atoms with Crippen LogP contribution in [-0.2, 0) is 4.79 Å². The Morgan fingerprint density at radius 1 is 0.970 bits per heavy atom. The van der Waals surface area contributed by atoms with Crippen LogP contribution < -0.4 is 5.32 Å². The number of phenols is 1. The van der Waals surface area contributed by atoms with E-state index in [4.69, 9.17) is 11.6 Å². The summed E-state index contributed by atoms with van der Waals surface area (Å²) in [6, 6.07) is 24.1. The van der Waals surface area contributed by atoms with Crippen LogP contribution in [0.5, 0.6) is 5.75 Å². The van der Waals surface area contributed by atoms with Crippen molar-refractivity contribution >= 4 is 23.2 Å². The molecule has 0 aliphatic carbocycles. The van der Waals surface area contributed by atoms with Gasteiger partial charge in [-0.05, 0) is 47.9 Å². The molecule has 0 radical (unpaired) electrons. The Morgan fingerprint density at radius 2 is 1.64 bits per heavy atom. The van der Waals surface area contributed by atoms with Crippen molar-refractivity contribution < 1.29 is 9.90 Å². The number of aryl methyl sites for hydroxylation is 1. The average molecular weight is 464 g/mol. The van der Waals surface area contributed by atoms with Gasteiger partial charge in [0.2, 0.25) is 5.91 Å². The van der Waals surface area contributed by atoms with E-state index in [0.29, 0.717) is 18.7 Å². The van der Waals surface area contributed by atoms with E-state index in [-0.39, 0.29) is 17.7 Å². The predicted molar refractivity (Wildman–Crippen MR) is 134 cm³/mol. The van der Waals surface area contributed by atoms with Gasteiger partial charge in [0, 0.05) is 44.2 Å². The first-order chi connectivity index (χ1) is 16.0. The number of nitrogens with one attached hydrogen (secondary N) is 1. The van der Waals surface area contributed by atoms with Gasteiger partial charge in [-0.25, -0.2) is 0 Å². The maximum atomic E-state index is 12.4. The molecule has 0 aromatic heterocycles. The number of benzene rings is 3. The fraction of sp³-hybridized carbons (Fsp3) is 0.296. The molecule has 3 aromatic rings. The second-order valence-electron chi connectivity index (χ2n) is 8.56. The van der Waals surface area contributed by atoms with Gasteiger partial charge in [-0.1, -0.05) is 60.1 Å². The molecule has 6 heteroatoms. The van der Waals surface area contributed by atoms with Crippen molar-refractivity contribution in [1.29, 1.82) is 0 Å². The molecule has 1 amide bonds. The zero-order valence-corrected chi connectivity index (χ0v) is 19.6. The van der Waals surface area contributed by atoms with Gasteiger partial charge < -0.3 is 15.3 Å². The number of carbonyl (C=O) groups is 1. The van der Waals surface area contributed by atoms with Gasteiger partial charge in [-0.3, -0.25) is 9.69 Å². The number of rotatable bonds is 7. The van der Waals surface area contributed by atoms with Crippen LogP contribution in [0.1, 0.15) is 29.2 Å². The average Bonchev–Trinajstić information content (AvgIpc) is 2.83. The summed E-state index contributed by atoms with van der Waals surface area (Å²) in [5.74, 6) is 0.0124. The zero-order valence-electron chi connectivity index (χ0n) is 18.9. The van der Waals surface area contributed by atoms with Crippen LogP contribution in [0.15, 0.2) is 72.8 Å². The summed E-state index contributed by atoms with van der Waals surface area (Å²) in [4.78, 5) is 17.2. The van der Waals surface area contributed by atoms with Crippen molar-refractivity contribution in [2.24, 2.45) is 0 Å². The second-order valence-corrected chi connectivity index (χ2v) is 9.00. The quantitative estimate of drug-likeness (QED) is 0.479. The minimum absolute atomic E-state index is 0.0818. The largest absolute Gasteiger partial charge is 0.506 e. The van der Waals surface area contributed by atoms with Crippen LogP contribution in [0.3, 0.4) is 0 Å². The van der Waals surface area contributed by atoms with Gasteiger partial charge in [0.15, 0.2) is 0 Å². The molecule has 1 atom stereocenters. The van der Waals surface area contributed by atoms with Crippen molar-refractivity contribution in [3.8, 4) is 5.75 Å². The SMILES string of the molecule is Cc1ccc(O)c(NC(=O)CCN2CCN(C(c3ccccc3)c3ccc(Cl)cc3)CC2)c1. The van der Waals surface area contributed by atoms with Gasteiger partial charge in [-0.2, -0.15) is 0 Å². The van der Waals surface area contributed by atoms with E-state index in [0.717, 1.165) is 36.8 Å². The van der Waals surface area contributed by atoms with Crippen LogP contribution in [-0.4, -0.2) is 53.5 Å². The maximum Gasteiger partial charge on any atom is 0.225 e. The molecule has 0 saturated carbocycles. The monoisotopic (exact) mass is 463 g/mol. The van der Waals surface area contributed by atoms with Gasteiger partial charge in [0.05, 0.1) is 11.7 Å². The number of nitrogens with zero attached hydrogens (tertiary/aromatic N) is 2. The van der Waals surface area contributed by atoms with Gasteiger partial charge in [0.25, 0.3) is 0 Å². The first-order valence-electron chi connectivity index (χ1n) is 11.4. The Balaban J connectivity index is 1.34. The summed E-state index contributed by atoms with van der Waals surface area (Å²) in [7, 11) is 0. The highest BCUT2D eigenvalue weighted by Gasteiger charge is 2.26. The summed E-state index contributed by atoms with van der Waals surface area (Å²) >= 11 is 6.13. The highest BCUT2D eigenvalue weighted by Crippen LogP contribution is 2.30. The number of piperazine rings is 1. The number of hydrogen-bond donors (Lipinski definition) is 2. The first-order valence-corrected chi connectivity index (χ1v) is 11.7. The van der Waals surface area contributed by atoms with E-state index in [1.165, 1.54) is 11.1 Å². The molecule has 0 spiro atoms. The van der Waals surface area contributed by atoms with E-state index < -0.39 is 0 Å². The van der Waals surface area contributed by atoms with Crippen LogP contribution >= 0.6 is 11.6 Å². The fourth-order valence-electron chi connectivity index (χ4n) is 4.36. The molecule has 1 heterocycles. The Labute approximate surface area is 200 Å². The lowest BCUT2D eigenvalue weighted by molar-refractivity contribution is -0.116. The molecular formula is C27H30ClN3O2. The molecule has 1 unspecified atom stereocenters. The highest BCUT2D eigenvalue weighted by atomic mass is 35.5. The summed E-state index contributed by atoms with van der Waals surface area (Å²) in [6.45, 7) is 6.27. The molecule has 1 aliphatic heterocycles. The van der Waals surface area contributed by atoms with E-state index in [1.54, 1.807) is 12.1 Å². The number of halogens is 1. The number of hydrogen-bond acceptors (Lipinski definition) is 4. The van der Waals surface area contributed by atoms with E-state index in [1.807, 2.05) is 31.2 Å². The van der Waals surface area contributed by atoms with Gasteiger partial charge >= 0.3 is 0 Å². The Hall–Kier alpha value is -2.86. The molecule has 1 saturated heterocycles. The van der Waals surface area contributed by atoms with Gasteiger partial charge in [-0.15, -0.1) is 0 Å². The fourth-order valence-corrected chi connectivity index (χ4v) is 4.49. The third-order valence-corrected chi connectivity index (χ3v) is 6.41. The van der Waals surface area contributed by atoms with Crippen LogP contribution in [0.2, 0.25) is 5.02 Å². The number of carbonyl (C=O) groups excluding carboxylic acids is 1. The summed E-state index contributed by atoms with van der Waals surface area (Å²) in [5.41, 5.74) is 3.97. The van der Waals surface area contributed by atoms with Crippen LogP contribution in [0.4, 0.5) is 5.69 Å². The third-order valence-electron chi connectivity index (χ3n) is 6.15. The van der Waals surface area contributed by atoms with Crippen molar-refractivity contribution in [3.63, 3.8) is 0 Å². The van der Waals surface area contributed by atoms with E-state index in [9.17, 15) is 9.90 Å². The maximum absolute atomic E-state index is 12.4. The molecule has 1 aliphatic rings. The van der Waals surface area contributed by atoms with Crippen molar-refractivity contribution in [3.05, 3.63) is 94.5 Å². The van der Waals surface area contributed by atoms with Crippen molar-refractivity contribution in [1.82, 2.24) is 9.80 Å². The lowest BCUT2D eigenvalue weighted by Gasteiger charge is -2.39. The van der Waals surface area contributed by atoms with Crippen LogP contribution in [0, 0.1) is 6.92 Å². The summed E-state index contributed by atoms with van der Waals surface area (Å²) in [5, 5.41) is 13.5. The lowest BCUT2D eigenvalue weighted by atomic mass is 9.96. The van der Waals surface area contributed by atoms with Gasteiger partial charge in [0.1, 0.15) is 5.75 Å². The van der Waals surface area contributed by atoms with E-state index in [2.05, 4.69) is 51.5 Å². The lowest BCUT2D eigenvalue weighted by Crippen LogP contribution is -2.48. The number of anilines is 1. The smallest absolute Gasteiger partial charge is 0.225 e. The molecular weight excluding hydrogens is 434 g/mol. The molecule has 33 heavy (non-hydrogen) atoms. The Kier molecular flexibility index (Phi) is 7.65. The third kappa shape index (κ3) is 6.14. The number of phenolic OH excluding ortho intramolecular Hbond substituents is 1. The number of aromatic hydroxyl groups is 1. The molecule has 3 aromatic carbocycles. The molecule has 5 nitrogen and oxygen atoms in total. The van der Waals surface area contributed by atoms with E-state index >= 15 is 0 Å². The highest BCUT2D eigenvalue weighted by molar-refractivity contribution is 6.30. The first kappa shape index (κ1) is 23.3. The second kappa shape index (κ2) is 10.8. The topological polar surface area (TPSA) is 55.8 Å². The van der Waals surface area contributed by atoms with Crippen LogP contribution in [0.25, 0.3) is 0 Å². The minimum Gasteiger partial charge on any atom is -0.506 e. The zero-order chi connectivity index (χ0) is 23.2. The molecule has 4 rings (SSSR count). The normalized spacial score (nSPS) is 15.8. The number of amides is 1. The van der Waals surface area contributed by atoms with Crippen molar-refractivity contribution in [2.75, 3.05) is 38.0 Å². The molecule has 0 bridgehead atoms. The predicted octanol–water partition coefficient (Wildman–Crippen LogP) is 5.09. The molecule has 2 N–H and O–H groups in total.